The highest BCUT2D eigenvalue weighted by molar-refractivity contribution is 6.10. The lowest BCUT2D eigenvalue weighted by Gasteiger charge is -2.24. The van der Waals surface area contributed by atoms with Crippen molar-refractivity contribution in [3.05, 3.63) is 35.4 Å². The smallest absolute Gasteiger partial charge is 0.325 e. The van der Waals surface area contributed by atoms with Crippen LogP contribution in [0.3, 0.4) is 0 Å². The summed E-state index contributed by atoms with van der Waals surface area (Å²) >= 11 is 0. The Morgan fingerprint density at radius 2 is 1.96 bits per heavy atom. The van der Waals surface area contributed by atoms with Crippen LogP contribution in [0.2, 0.25) is 0 Å². The van der Waals surface area contributed by atoms with Gasteiger partial charge in [0.15, 0.2) is 0 Å². The van der Waals surface area contributed by atoms with Crippen LogP contribution in [0, 0.1) is 11.3 Å². The van der Waals surface area contributed by atoms with Gasteiger partial charge in [0.25, 0.3) is 5.91 Å². The fourth-order valence-corrected chi connectivity index (χ4v) is 4.43. The van der Waals surface area contributed by atoms with Crippen molar-refractivity contribution in [1.29, 1.82) is 5.26 Å². The highest BCUT2D eigenvalue weighted by Gasteiger charge is 2.55. The molecule has 3 aliphatic rings. The molecular weight excluding hydrogens is 332 g/mol. The number of amides is 4. The first-order chi connectivity index (χ1) is 12.5. The van der Waals surface area contributed by atoms with E-state index in [0.29, 0.717) is 25.7 Å². The van der Waals surface area contributed by atoms with Crippen LogP contribution in [0.25, 0.3) is 0 Å². The second-order valence-electron chi connectivity index (χ2n) is 7.33. The van der Waals surface area contributed by atoms with E-state index in [1.165, 1.54) is 0 Å². The second kappa shape index (κ2) is 5.84. The SMILES string of the molecule is N#CC1(NC(=O)CN2C(=O)N[C@]3(CCc4ccccc43)C2=O)CCCC1. The molecule has 2 fully saturated rings. The van der Waals surface area contributed by atoms with Crippen LogP contribution < -0.4 is 10.6 Å². The molecule has 0 unspecified atom stereocenters. The average molecular weight is 352 g/mol. The van der Waals surface area contributed by atoms with Crippen molar-refractivity contribution < 1.29 is 14.4 Å². The number of urea groups is 1. The van der Waals surface area contributed by atoms with E-state index in [1.54, 1.807) is 0 Å². The molecule has 1 aromatic carbocycles. The van der Waals surface area contributed by atoms with Crippen LogP contribution in [0.5, 0.6) is 0 Å². The summed E-state index contributed by atoms with van der Waals surface area (Å²) in [5, 5.41) is 14.9. The highest BCUT2D eigenvalue weighted by atomic mass is 16.2. The molecular formula is C19H20N4O3. The molecule has 2 aliphatic carbocycles. The zero-order valence-corrected chi connectivity index (χ0v) is 14.4. The molecule has 1 aromatic rings. The van der Waals surface area contributed by atoms with Gasteiger partial charge in [-0.1, -0.05) is 24.3 Å². The summed E-state index contributed by atoms with van der Waals surface area (Å²) < 4.78 is 0. The van der Waals surface area contributed by atoms with E-state index >= 15 is 0 Å². The van der Waals surface area contributed by atoms with Gasteiger partial charge in [-0.3, -0.25) is 14.5 Å². The van der Waals surface area contributed by atoms with Crippen LogP contribution in [-0.2, 0) is 21.5 Å². The van der Waals surface area contributed by atoms with Crippen molar-refractivity contribution in [2.75, 3.05) is 6.54 Å². The van der Waals surface area contributed by atoms with E-state index in [-0.39, 0.29) is 12.5 Å². The zero-order valence-electron chi connectivity index (χ0n) is 14.4. The van der Waals surface area contributed by atoms with Crippen molar-refractivity contribution in [3.8, 4) is 6.07 Å². The highest BCUT2D eigenvalue weighted by Crippen LogP contribution is 2.41. The first-order valence-electron chi connectivity index (χ1n) is 8.94. The maximum atomic E-state index is 13.0. The molecule has 0 radical (unpaired) electrons. The van der Waals surface area contributed by atoms with Crippen LogP contribution in [0.4, 0.5) is 4.79 Å². The molecule has 0 bridgehead atoms. The second-order valence-corrected chi connectivity index (χ2v) is 7.33. The third-order valence-electron chi connectivity index (χ3n) is 5.77. The average Bonchev–Trinajstić information content (AvgIpc) is 3.31. The summed E-state index contributed by atoms with van der Waals surface area (Å²) in [5.41, 5.74) is -0.0743. The number of aryl methyl sites for hydroxylation is 1. The van der Waals surface area contributed by atoms with Crippen LogP contribution in [-0.4, -0.2) is 34.8 Å². The summed E-state index contributed by atoms with van der Waals surface area (Å²) in [4.78, 5) is 38.8. The van der Waals surface area contributed by atoms with E-state index in [9.17, 15) is 19.6 Å². The Balaban J connectivity index is 1.52. The van der Waals surface area contributed by atoms with E-state index in [4.69, 9.17) is 0 Å². The predicted octanol–water partition coefficient (Wildman–Crippen LogP) is 1.33. The normalized spacial score (nSPS) is 25.9. The summed E-state index contributed by atoms with van der Waals surface area (Å²) in [7, 11) is 0. The quantitative estimate of drug-likeness (QED) is 0.801. The minimum atomic E-state index is -1.06. The summed E-state index contributed by atoms with van der Waals surface area (Å²) in [6.07, 6.45) is 4.18. The maximum Gasteiger partial charge on any atom is 0.325 e. The summed E-state index contributed by atoms with van der Waals surface area (Å²) in [6.45, 7) is -0.363. The van der Waals surface area contributed by atoms with E-state index in [0.717, 1.165) is 28.9 Å². The van der Waals surface area contributed by atoms with E-state index in [2.05, 4.69) is 16.7 Å². The number of nitriles is 1. The third kappa shape index (κ3) is 2.37. The van der Waals surface area contributed by atoms with E-state index in [1.807, 2.05) is 24.3 Å². The standard InChI is InChI=1S/C19H20N4O3/c20-12-18(8-3-4-9-18)21-15(24)11-23-16(25)19(22-17(23)26)10-7-13-5-1-2-6-14(13)19/h1-2,5-6H,3-4,7-11H2,(H,21,24)(H,22,26)/t19-/m0/s1. The van der Waals surface area contributed by atoms with Gasteiger partial charge < -0.3 is 10.6 Å². The number of carbonyl (C=O) groups is 3. The molecule has 1 aliphatic heterocycles. The number of carbonyl (C=O) groups excluding carboxylic acids is 3. The van der Waals surface area contributed by atoms with Crippen molar-refractivity contribution in [1.82, 2.24) is 15.5 Å². The molecule has 1 saturated heterocycles. The van der Waals surface area contributed by atoms with Crippen LogP contribution >= 0.6 is 0 Å². The number of nitrogens with zero attached hydrogens (tertiary/aromatic N) is 2. The molecule has 26 heavy (non-hydrogen) atoms. The van der Waals surface area contributed by atoms with Gasteiger partial charge in [-0.15, -0.1) is 0 Å². The molecule has 1 heterocycles. The lowest BCUT2D eigenvalue weighted by atomic mass is 9.92. The molecule has 134 valence electrons. The molecule has 1 saturated carbocycles. The Labute approximate surface area is 151 Å². The fourth-order valence-electron chi connectivity index (χ4n) is 4.43. The Morgan fingerprint density at radius 1 is 1.23 bits per heavy atom. The minimum Gasteiger partial charge on any atom is -0.336 e. The summed E-state index contributed by atoms with van der Waals surface area (Å²) in [6, 6.07) is 9.19. The molecule has 7 nitrogen and oxygen atoms in total. The lowest BCUT2D eigenvalue weighted by Crippen LogP contribution is -2.50. The number of rotatable bonds is 3. The largest absolute Gasteiger partial charge is 0.336 e. The van der Waals surface area contributed by atoms with Gasteiger partial charge in [0.2, 0.25) is 5.91 Å². The fraction of sp³-hybridized carbons (Fsp3) is 0.474. The molecule has 0 aromatic heterocycles. The predicted molar refractivity (Wildman–Crippen MR) is 91.6 cm³/mol. The Hall–Kier alpha value is -2.88. The topological polar surface area (TPSA) is 102 Å². The van der Waals surface area contributed by atoms with Gasteiger partial charge in [-0.25, -0.2) is 4.79 Å². The number of hydrogen-bond acceptors (Lipinski definition) is 4. The van der Waals surface area contributed by atoms with Gasteiger partial charge >= 0.3 is 6.03 Å². The summed E-state index contributed by atoms with van der Waals surface area (Å²) in [5.74, 6) is -0.861. The van der Waals surface area contributed by atoms with Gasteiger partial charge in [0, 0.05) is 0 Å². The Morgan fingerprint density at radius 3 is 2.69 bits per heavy atom. The third-order valence-corrected chi connectivity index (χ3v) is 5.77. The number of nitrogens with one attached hydrogen (secondary N) is 2. The first kappa shape index (κ1) is 16.6. The molecule has 7 heteroatoms. The molecule has 1 atom stereocenters. The lowest BCUT2D eigenvalue weighted by molar-refractivity contribution is -0.135. The van der Waals surface area contributed by atoms with Crippen LogP contribution in [0.1, 0.15) is 43.2 Å². The van der Waals surface area contributed by atoms with Crippen molar-refractivity contribution >= 4 is 17.8 Å². The van der Waals surface area contributed by atoms with Crippen LogP contribution in [0.15, 0.2) is 24.3 Å². The Bertz CT molecular complexity index is 837. The first-order valence-corrected chi connectivity index (χ1v) is 8.94. The number of benzene rings is 1. The monoisotopic (exact) mass is 352 g/mol. The molecule has 4 amide bonds. The molecule has 2 N–H and O–H groups in total. The van der Waals surface area contributed by atoms with Crippen molar-refractivity contribution in [3.63, 3.8) is 0 Å². The van der Waals surface area contributed by atoms with Crippen molar-refractivity contribution in [2.24, 2.45) is 0 Å². The number of fused-ring (bicyclic) bond motifs is 2. The van der Waals surface area contributed by atoms with Gasteiger partial charge in [-0.2, -0.15) is 5.26 Å². The maximum absolute atomic E-state index is 13.0. The molecule has 1 spiro atoms. The van der Waals surface area contributed by atoms with Gasteiger partial charge in [0.1, 0.15) is 17.6 Å². The van der Waals surface area contributed by atoms with Gasteiger partial charge in [-0.05, 0) is 49.7 Å². The van der Waals surface area contributed by atoms with Gasteiger partial charge in [0.05, 0.1) is 6.07 Å². The Kier molecular flexibility index (Phi) is 3.72. The minimum absolute atomic E-state index is 0.363. The number of imide groups is 1. The molecule has 4 rings (SSSR count). The zero-order chi connectivity index (χ0) is 18.4. The van der Waals surface area contributed by atoms with Crippen molar-refractivity contribution in [2.45, 2.75) is 49.6 Å². The van der Waals surface area contributed by atoms with E-state index < -0.39 is 23.0 Å². The number of hydrogen-bond donors (Lipinski definition) is 2.